The second-order valence-electron chi connectivity index (χ2n) is 6.30. The van der Waals surface area contributed by atoms with Crippen LogP contribution in [0.15, 0.2) is 53.9 Å². The number of ether oxygens (including phenoxy) is 1. The molecular formula is C21H24N2OS. The fourth-order valence-electron chi connectivity index (χ4n) is 2.58. The monoisotopic (exact) mass is 352 g/mol. The molecule has 130 valence electrons. The topological polar surface area (TPSA) is 34.1 Å². The minimum Gasteiger partial charge on any atom is -0.487 e. The zero-order valence-electron chi connectivity index (χ0n) is 15.0. The lowest BCUT2D eigenvalue weighted by atomic mass is 10.1. The largest absolute Gasteiger partial charge is 0.487 e. The second-order valence-corrected chi connectivity index (χ2v) is 7.37. The van der Waals surface area contributed by atoms with Crippen molar-refractivity contribution in [2.24, 2.45) is 0 Å². The normalized spacial score (nSPS) is 12.1. The Morgan fingerprint density at radius 1 is 1.04 bits per heavy atom. The Morgan fingerprint density at radius 2 is 1.76 bits per heavy atom. The van der Waals surface area contributed by atoms with Gasteiger partial charge >= 0.3 is 0 Å². The summed E-state index contributed by atoms with van der Waals surface area (Å²) in [5.41, 5.74) is 4.83. The molecule has 0 spiro atoms. The number of nitrogens with zero attached hydrogens (tertiary/aromatic N) is 1. The van der Waals surface area contributed by atoms with Crippen molar-refractivity contribution in [3.8, 4) is 5.75 Å². The molecule has 3 aromatic rings. The third-order valence-corrected chi connectivity index (χ3v) is 4.99. The van der Waals surface area contributed by atoms with Crippen LogP contribution in [0.1, 0.15) is 40.4 Å². The molecule has 0 bridgehead atoms. The van der Waals surface area contributed by atoms with Crippen molar-refractivity contribution in [2.45, 2.75) is 40.0 Å². The molecular weight excluding hydrogens is 328 g/mol. The fourth-order valence-corrected chi connectivity index (χ4v) is 3.18. The summed E-state index contributed by atoms with van der Waals surface area (Å²) in [7, 11) is 0. The molecule has 1 unspecified atom stereocenters. The first-order valence-corrected chi connectivity index (χ1v) is 9.41. The lowest BCUT2D eigenvalue weighted by Gasteiger charge is -2.15. The molecule has 3 nitrogen and oxygen atoms in total. The van der Waals surface area contributed by atoms with E-state index in [0.717, 1.165) is 23.0 Å². The molecule has 0 aliphatic rings. The van der Waals surface area contributed by atoms with E-state index < -0.39 is 0 Å². The van der Waals surface area contributed by atoms with E-state index in [1.54, 1.807) is 11.3 Å². The van der Waals surface area contributed by atoms with E-state index in [9.17, 15) is 0 Å². The van der Waals surface area contributed by atoms with Crippen LogP contribution in [0.2, 0.25) is 0 Å². The maximum Gasteiger partial charge on any atom is 0.131 e. The quantitative estimate of drug-likeness (QED) is 0.635. The van der Waals surface area contributed by atoms with Crippen molar-refractivity contribution >= 4 is 11.3 Å². The maximum absolute atomic E-state index is 5.79. The Kier molecular flexibility index (Phi) is 5.84. The van der Waals surface area contributed by atoms with Gasteiger partial charge in [-0.3, -0.25) is 0 Å². The van der Waals surface area contributed by atoms with Crippen LogP contribution >= 0.6 is 11.3 Å². The number of aryl methyl sites for hydroxylation is 2. The molecule has 1 atom stereocenters. The smallest absolute Gasteiger partial charge is 0.131 e. The molecule has 1 aromatic heterocycles. The highest BCUT2D eigenvalue weighted by Crippen LogP contribution is 2.17. The van der Waals surface area contributed by atoms with Crippen LogP contribution in [0, 0.1) is 13.8 Å². The summed E-state index contributed by atoms with van der Waals surface area (Å²) >= 11 is 1.65. The Balaban J connectivity index is 1.49. The van der Waals surface area contributed by atoms with Gasteiger partial charge in [0.15, 0.2) is 0 Å². The average Bonchev–Trinajstić information content (AvgIpc) is 3.05. The number of hydrogen-bond donors (Lipinski definition) is 1. The summed E-state index contributed by atoms with van der Waals surface area (Å²) in [5.74, 6) is 0.876. The number of thiazole rings is 1. The van der Waals surface area contributed by atoms with E-state index in [4.69, 9.17) is 4.74 Å². The summed E-state index contributed by atoms with van der Waals surface area (Å²) in [6.07, 6.45) is 0. The zero-order valence-corrected chi connectivity index (χ0v) is 15.8. The average molecular weight is 353 g/mol. The highest BCUT2D eigenvalue weighted by Gasteiger charge is 2.05. The molecule has 0 saturated carbocycles. The number of rotatable bonds is 7. The number of nitrogens with one attached hydrogen (secondary N) is 1. The lowest BCUT2D eigenvalue weighted by molar-refractivity contribution is 0.302. The number of benzene rings is 2. The first-order valence-electron chi connectivity index (χ1n) is 8.53. The maximum atomic E-state index is 5.79. The van der Waals surface area contributed by atoms with E-state index in [2.05, 4.69) is 60.5 Å². The van der Waals surface area contributed by atoms with Crippen molar-refractivity contribution in [1.82, 2.24) is 10.3 Å². The van der Waals surface area contributed by atoms with Gasteiger partial charge in [0.2, 0.25) is 0 Å². The molecule has 3 rings (SSSR count). The van der Waals surface area contributed by atoms with Crippen LogP contribution in [-0.4, -0.2) is 4.98 Å². The summed E-state index contributed by atoms with van der Waals surface area (Å²) in [4.78, 5) is 4.41. The van der Waals surface area contributed by atoms with Gasteiger partial charge in [-0.05, 0) is 44.0 Å². The van der Waals surface area contributed by atoms with Crippen molar-refractivity contribution in [1.29, 1.82) is 0 Å². The van der Waals surface area contributed by atoms with Crippen molar-refractivity contribution in [3.05, 3.63) is 81.3 Å². The van der Waals surface area contributed by atoms with Gasteiger partial charge in [0.1, 0.15) is 12.4 Å². The molecule has 0 saturated heterocycles. The van der Waals surface area contributed by atoms with Crippen molar-refractivity contribution in [3.63, 3.8) is 0 Å². The van der Waals surface area contributed by atoms with Crippen molar-refractivity contribution in [2.75, 3.05) is 0 Å². The van der Waals surface area contributed by atoms with Crippen LogP contribution < -0.4 is 10.1 Å². The molecule has 0 aliphatic heterocycles. The second kappa shape index (κ2) is 8.28. The highest BCUT2D eigenvalue weighted by molar-refractivity contribution is 7.09. The summed E-state index contributed by atoms with van der Waals surface area (Å²) in [6.45, 7) is 7.67. The standard InChI is InChI=1S/C21H24N2OS/c1-15-4-8-19(9-5-15)16(2)22-12-18-6-10-21(11-7-18)24-13-20-14-25-17(3)23-20/h4-11,14,16,22H,12-13H2,1-3H3. The predicted octanol–water partition coefficient (Wildman–Crippen LogP) is 5.19. The summed E-state index contributed by atoms with van der Waals surface area (Å²) in [5, 5.41) is 6.68. The Labute approximate surface area is 153 Å². The third kappa shape index (κ3) is 5.15. The van der Waals surface area contributed by atoms with Crippen LogP contribution in [0.5, 0.6) is 5.75 Å². The first kappa shape index (κ1) is 17.6. The van der Waals surface area contributed by atoms with Gasteiger partial charge in [-0.25, -0.2) is 4.98 Å². The van der Waals surface area contributed by atoms with Gasteiger partial charge in [-0.2, -0.15) is 0 Å². The lowest BCUT2D eigenvalue weighted by Crippen LogP contribution is -2.17. The van der Waals surface area contributed by atoms with E-state index in [1.807, 2.05) is 24.4 Å². The van der Waals surface area contributed by atoms with Crippen LogP contribution in [0.25, 0.3) is 0 Å². The highest BCUT2D eigenvalue weighted by atomic mass is 32.1. The van der Waals surface area contributed by atoms with Gasteiger partial charge < -0.3 is 10.1 Å². The molecule has 4 heteroatoms. The predicted molar refractivity (Wildman–Crippen MR) is 104 cm³/mol. The van der Waals surface area contributed by atoms with E-state index in [1.165, 1.54) is 16.7 Å². The summed E-state index contributed by atoms with van der Waals surface area (Å²) < 4.78 is 5.79. The molecule has 0 fully saturated rings. The van der Waals surface area contributed by atoms with Crippen LogP contribution in [0.4, 0.5) is 0 Å². The SMILES string of the molecule is Cc1ccc(C(C)NCc2ccc(OCc3csc(C)n3)cc2)cc1. The number of aromatic nitrogens is 1. The Bertz CT molecular complexity index is 794. The summed E-state index contributed by atoms with van der Waals surface area (Å²) in [6, 6.07) is 17.3. The van der Waals surface area contributed by atoms with Gasteiger partial charge in [-0.1, -0.05) is 42.0 Å². The third-order valence-electron chi connectivity index (χ3n) is 4.17. The van der Waals surface area contributed by atoms with Gasteiger partial charge in [-0.15, -0.1) is 11.3 Å². The molecule has 0 amide bonds. The first-order chi connectivity index (χ1) is 12.1. The van der Waals surface area contributed by atoms with Gasteiger partial charge in [0, 0.05) is 18.0 Å². The Morgan fingerprint density at radius 3 is 2.40 bits per heavy atom. The zero-order chi connectivity index (χ0) is 17.6. The Hall–Kier alpha value is -2.17. The minimum absolute atomic E-state index is 0.324. The van der Waals surface area contributed by atoms with Crippen molar-refractivity contribution < 1.29 is 4.74 Å². The molecule has 0 radical (unpaired) electrons. The molecule has 0 aliphatic carbocycles. The minimum atomic E-state index is 0.324. The molecule has 1 heterocycles. The number of hydrogen-bond acceptors (Lipinski definition) is 4. The van der Waals surface area contributed by atoms with Gasteiger partial charge in [0.25, 0.3) is 0 Å². The molecule has 1 N–H and O–H groups in total. The fraction of sp³-hybridized carbons (Fsp3) is 0.286. The van der Waals surface area contributed by atoms with Crippen LogP contribution in [0.3, 0.4) is 0 Å². The van der Waals surface area contributed by atoms with E-state index >= 15 is 0 Å². The van der Waals surface area contributed by atoms with Crippen LogP contribution in [-0.2, 0) is 13.2 Å². The van der Waals surface area contributed by atoms with Gasteiger partial charge in [0.05, 0.1) is 10.7 Å². The van der Waals surface area contributed by atoms with E-state index in [0.29, 0.717) is 12.6 Å². The van der Waals surface area contributed by atoms with E-state index in [-0.39, 0.29) is 0 Å². The molecule has 2 aromatic carbocycles. The molecule has 25 heavy (non-hydrogen) atoms.